The summed E-state index contributed by atoms with van der Waals surface area (Å²) in [6, 6.07) is 5.33. The highest BCUT2D eigenvalue weighted by atomic mass is 32.2. The summed E-state index contributed by atoms with van der Waals surface area (Å²) in [6.07, 6.45) is 1.10. The smallest absolute Gasteiger partial charge is 0.243 e. The van der Waals surface area contributed by atoms with Crippen molar-refractivity contribution in [1.82, 2.24) is 9.80 Å². The van der Waals surface area contributed by atoms with Crippen molar-refractivity contribution < 1.29 is 18.0 Å². The first kappa shape index (κ1) is 19.2. The number of piperazine rings is 1. The van der Waals surface area contributed by atoms with Crippen molar-refractivity contribution in [2.75, 3.05) is 43.3 Å². The molecule has 0 unspecified atom stereocenters. The Morgan fingerprint density at radius 1 is 1.04 bits per heavy atom. The third-order valence-electron chi connectivity index (χ3n) is 4.54. The molecule has 1 aromatic rings. The van der Waals surface area contributed by atoms with Crippen LogP contribution < -0.4 is 4.31 Å². The van der Waals surface area contributed by atoms with Crippen molar-refractivity contribution in [2.24, 2.45) is 0 Å². The standard InChI is InChI=1S/C17H25N3O4S/c1-13-5-6-16(11-14(13)2)20(25(4,23)24)12-17(22)19-9-7-18(8-10-19)15(3)21/h5-6,11H,7-10,12H2,1-4H3. The summed E-state index contributed by atoms with van der Waals surface area (Å²) >= 11 is 0. The molecule has 1 aliphatic heterocycles. The predicted molar refractivity (Wildman–Crippen MR) is 96.9 cm³/mol. The molecule has 1 saturated heterocycles. The molecule has 2 amide bonds. The number of sulfonamides is 1. The van der Waals surface area contributed by atoms with Crippen molar-refractivity contribution >= 4 is 27.5 Å². The van der Waals surface area contributed by atoms with E-state index in [2.05, 4.69) is 0 Å². The van der Waals surface area contributed by atoms with Crippen LogP contribution in [0.2, 0.25) is 0 Å². The zero-order valence-electron chi connectivity index (χ0n) is 15.2. The lowest BCUT2D eigenvalue weighted by molar-refractivity contribution is -0.137. The van der Waals surface area contributed by atoms with Gasteiger partial charge in [0.1, 0.15) is 6.54 Å². The number of rotatable bonds is 4. The van der Waals surface area contributed by atoms with E-state index >= 15 is 0 Å². The minimum Gasteiger partial charge on any atom is -0.339 e. The van der Waals surface area contributed by atoms with Crippen molar-refractivity contribution in [3.63, 3.8) is 0 Å². The second-order valence-electron chi connectivity index (χ2n) is 6.43. The molecule has 8 heteroatoms. The normalized spacial score (nSPS) is 15.2. The largest absolute Gasteiger partial charge is 0.339 e. The molecule has 7 nitrogen and oxygen atoms in total. The van der Waals surface area contributed by atoms with Crippen LogP contribution in [0, 0.1) is 13.8 Å². The molecule has 2 rings (SSSR count). The Kier molecular flexibility index (Phi) is 5.72. The third-order valence-corrected chi connectivity index (χ3v) is 5.68. The Labute approximate surface area is 149 Å². The average Bonchev–Trinajstić information content (AvgIpc) is 2.54. The van der Waals surface area contributed by atoms with Gasteiger partial charge in [-0.2, -0.15) is 0 Å². The Morgan fingerprint density at radius 3 is 2.08 bits per heavy atom. The molecule has 0 bridgehead atoms. The number of carbonyl (C=O) groups excluding carboxylic acids is 2. The van der Waals surface area contributed by atoms with Crippen LogP contribution in [0.5, 0.6) is 0 Å². The zero-order valence-corrected chi connectivity index (χ0v) is 16.0. The molecule has 1 aliphatic rings. The molecule has 1 fully saturated rings. The molecule has 0 saturated carbocycles. The van der Waals surface area contributed by atoms with Crippen LogP contribution in [-0.2, 0) is 19.6 Å². The van der Waals surface area contributed by atoms with Crippen LogP contribution in [0.1, 0.15) is 18.1 Å². The quantitative estimate of drug-likeness (QED) is 0.787. The van der Waals surface area contributed by atoms with E-state index in [1.807, 2.05) is 19.9 Å². The number of hydrogen-bond donors (Lipinski definition) is 0. The fourth-order valence-corrected chi connectivity index (χ4v) is 3.62. The van der Waals surface area contributed by atoms with Crippen molar-refractivity contribution in [1.29, 1.82) is 0 Å². The van der Waals surface area contributed by atoms with Gasteiger partial charge >= 0.3 is 0 Å². The van der Waals surface area contributed by atoms with E-state index in [-0.39, 0.29) is 18.4 Å². The molecule has 138 valence electrons. The lowest BCUT2D eigenvalue weighted by atomic mass is 10.1. The predicted octanol–water partition coefficient (Wildman–Crippen LogP) is 0.760. The maximum absolute atomic E-state index is 12.6. The number of benzene rings is 1. The molecule has 0 radical (unpaired) electrons. The number of amides is 2. The van der Waals surface area contributed by atoms with Gasteiger partial charge in [-0.1, -0.05) is 6.07 Å². The minimum absolute atomic E-state index is 0.0139. The van der Waals surface area contributed by atoms with Crippen LogP contribution in [0.4, 0.5) is 5.69 Å². The Bertz CT molecular complexity index is 768. The van der Waals surface area contributed by atoms with Gasteiger partial charge in [0.2, 0.25) is 21.8 Å². The minimum atomic E-state index is -3.58. The Morgan fingerprint density at radius 2 is 1.60 bits per heavy atom. The van der Waals surface area contributed by atoms with E-state index < -0.39 is 10.0 Å². The number of aryl methyl sites for hydroxylation is 2. The monoisotopic (exact) mass is 367 g/mol. The number of anilines is 1. The SMILES string of the molecule is CC(=O)N1CCN(C(=O)CN(c2ccc(C)c(C)c2)S(C)(=O)=O)CC1. The molecular formula is C17H25N3O4S. The van der Waals surface area contributed by atoms with E-state index in [1.54, 1.807) is 21.9 Å². The number of nitrogens with zero attached hydrogens (tertiary/aromatic N) is 3. The van der Waals surface area contributed by atoms with Gasteiger partial charge in [0, 0.05) is 33.1 Å². The lowest BCUT2D eigenvalue weighted by Crippen LogP contribution is -2.52. The summed E-state index contributed by atoms with van der Waals surface area (Å²) < 4.78 is 25.5. The molecule has 1 heterocycles. The highest BCUT2D eigenvalue weighted by Gasteiger charge is 2.27. The van der Waals surface area contributed by atoms with Crippen molar-refractivity contribution in [2.45, 2.75) is 20.8 Å². The zero-order chi connectivity index (χ0) is 18.8. The molecular weight excluding hydrogens is 342 g/mol. The molecule has 0 aromatic heterocycles. The highest BCUT2D eigenvalue weighted by molar-refractivity contribution is 7.92. The van der Waals surface area contributed by atoms with Crippen molar-refractivity contribution in [3.8, 4) is 0 Å². The van der Waals surface area contributed by atoms with E-state index in [0.717, 1.165) is 21.7 Å². The fraction of sp³-hybridized carbons (Fsp3) is 0.529. The van der Waals surface area contributed by atoms with Crippen molar-refractivity contribution in [3.05, 3.63) is 29.3 Å². The molecule has 0 N–H and O–H groups in total. The first-order valence-electron chi connectivity index (χ1n) is 8.18. The maximum Gasteiger partial charge on any atom is 0.243 e. The summed E-state index contributed by atoms with van der Waals surface area (Å²) in [6.45, 7) is 6.91. The summed E-state index contributed by atoms with van der Waals surface area (Å²) in [5.41, 5.74) is 2.51. The summed E-state index contributed by atoms with van der Waals surface area (Å²) in [5, 5.41) is 0. The third kappa shape index (κ3) is 4.72. The lowest BCUT2D eigenvalue weighted by Gasteiger charge is -2.35. The second-order valence-corrected chi connectivity index (χ2v) is 8.33. The maximum atomic E-state index is 12.6. The van der Waals surface area contributed by atoms with Crippen LogP contribution >= 0.6 is 0 Å². The topological polar surface area (TPSA) is 78.0 Å². The summed E-state index contributed by atoms with van der Waals surface area (Å²) in [4.78, 5) is 27.2. The van der Waals surface area contributed by atoms with E-state index in [9.17, 15) is 18.0 Å². The molecule has 1 aromatic carbocycles. The molecule has 0 aliphatic carbocycles. The fourth-order valence-electron chi connectivity index (χ4n) is 2.77. The number of carbonyl (C=O) groups is 2. The first-order valence-corrected chi connectivity index (χ1v) is 10.0. The second kappa shape index (κ2) is 7.43. The van der Waals surface area contributed by atoms with E-state index in [1.165, 1.54) is 6.92 Å². The molecule has 0 atom stereocenters. The van der Waals surface area contributed by atoms with Crippen LogP contribution in [0.15, 0.2) is 18.2 Å². The van der Waals surface area contributed by atoms with Crippen LogP contribution in [0.3, 0.4) is 0 Å². The molecule has 0 spiro atoms. The summed E-state index contributed by atoms with van der Waals surface area (Å²) in [7, 11) is -3.58. The average molecular weight is 367 g/mol. The van der Waals surface area contributed by atoms with Gasteiger partial charge in [-0.25, -0.2) is 8.42 Å². The first-order chi connectivity index (χ1) is 11.6. The van der Waals surface area contributed by atoms with Gasteiger partial charge in [0.25, 0.3) is 0 Å². The van der Waals surface area contributed by atoms with Gasteiger partial charge < -0.3 is 9.80 Å². The molecule has 25 heavy (non-hydrogen) atoms. The summed E-state index contributed by atoms with van der Waals surface area (Å²) in [5.74, 6) is -0.271. The van der Waals surface area contributed by atoms with Gasteiger partial charge in [0.15, 0.2) is 0 Å². The van der Waals surface area contributed by atoms with E-state index in [4.69, 9.17) is 0 Å². The van der Waals surface area contributed by atoms with Gasteiger partial charge in [0.05, 0.1) is 11.9 Å². The van der Waals surface area contributed by atoms with E-state index in [0.29, 0.717) is 31.9 Å². The van der Waals surface area contributed by atoms with Crippen LogP contribution in [0.25, 0.3) is 0 Å². The Balaban J connectivity index is 2.14. The highest BCUT2D eigenvalue weighted by Crippen LogP contribution is 2.21. The number of hydrogen-bond acceptors (Lipinski definition) is 4. The van der Waals surface area contributed by atoms with Crippen LogP contribution in [-0.4, -0.2) is 69.0 Å². The van der Waals surface area contributed by atoms with Gasteiger partial charge in [-0.15, -0.1) is 0 Å². The van der Waals surface area contributed by atoms with Gasteiger partial charge in [-0.3, -0.25) is 13.9 Å². The van der Waals surface area contributed by atoms with Gasteiger partial charge in [-0.05, 0) is 37.1 Å². The Hall–Kier alpha value is -2.09.